The minimum Gasteiger partial charge on any atom is -0.390 e. The third-order valence-corrected chi connectivity index (χ3v) is 7.36. The lowest BCUT2D eigenvalue weighted by molar-refractivity contribution is 0.0293. The Hall–Kier alpha value is -2.96. The molecule has 2 aliphatic heterocycles. The molecule has 170 valence electrons. The van der Waals surface area contributed by atoms with Crippen molar-refractivity contribution >= 4 is 17.3 Å². The molecular formula is C27H31N5O. The summed E-state index contributed by atoms with van der Waals surface area (Å²) < 4.78 is 0. The fourth-order valence-electron chi connectivity index (χ4n) is 5.38. The molecule has 0 amide bonds. The number of rotatable bonds is 5. The Morgan fingerprint density at radius 3 is 2.64 bits per heavy atom. The van der Waals surface area contributed by atoms with Crippen molar-refractivity contribution in [3.8, 4) is 0 Å². The molecule has 2 unspecified atom stereocenters. The minimum absolute atomic E-state index is 0.194. The molecule has 6 rings (SSSR count). The minimum atomic E-state index is -0.398. The second-order valence-electron chi connectivity index (χ2n) is 9.64. The van der Waals surface area contributed by atoms with E-state index in [-0.39, 0.29) is 6.04 Å². The van der Waals surface area contributed by atoms with Crippen LogP contribution in [0.5, 0.6) is 0 Å². The van der Waals surface area contributed by atoms with Gasteiger partial charge in [0, 0.05) is 44.0 Å². The lowest BCUT2D eigenvalue weighted by Gasteiger charge is -2.43. The molecule has 33 heavy (non-hydrogen) atoms. The molecule has 1 aliphatic carbocycles. The third kappa shape index (κ3) is 4.45. The summed E-state index contributed by atoms with van der Waals surface area (Å²) in [5.74, 6) is 2.38. The molecule has 1 saturated carbocycles. The van der Waals surface area contributed by atoms with Crippen molar-refractivity contribution in [2.45, 2.75) is 50.3 Å². The van der Waals surface area contributed by atoms with Crippen LogP contribution in [-0.4, -0.2) is 51.8 Å². The quantitative estimate of drug-likeness (QED) is 0.622. The molecule has 1 aromatic heterocycles. The molecule has 3 aliphatic rings. The zero-order valence-corrected chi connectivity index (χ0v) is 18.9. The fraction of sp³-hybridized carbons (Fsp3) is 0.407. The molecular weight excluding hydrogens is 410 g/mol. The topological polar surface area (TPSA) is 64.5 Å². The van der Waals surface area contributed by atoms with Crippen molar-refractivity contribution in [3.05, 3.63) is 77.6 Å². The average Bonchev–Trinajstić information content (AvgIpc) is 3.70. The van der Waals surface area contributed by atoms with Gasteiger partial charge in [-0.25, -0.2) is 9.97 Å². The standard InChI is InChI=1S/C27H31N5O/c33-25-17-32(13-11-24(25)31-12-10-19-4-1-2-5-22(19)16-31)27-15-26(28-18-29-27)30-23-7-3-6-21(14-23)20-8-9-20/h1-7,14-15,18,20,24-25,33H,8-13,16-17H2,(H,28,29,30). The first-order valence-electron chi connectivity index (χ1n) is 12.2. The van der Waals surface area contributed by atoms with Crippen molar-refractivity contribution in [1.82, 2.24) is 14.9 Å². The van der Waals surface area contributed by atoms with E-state index in [1.807, 2.05) is 6.07 Å². The lowest BCUT2D eigenvalue weighted by Crippen LogP contribution is -2.55. The van der Waals surface area contributed by atoms with Crippen molar-refractivity contribution in [2.24, 2.45) is 0 Å². The molecule has 2 fully saturated rings. The predicted molar refractivity (Wildman–Crippen MR) is 131 cm³/mol. The maximum Gasteiger partial charge on any atom is 0.135 e. The van der Waals surface area contributed by atoms with Crippen LogP contribution in [0.15, 0.2) is 60.9 Å². The van der Waals surface area contributed by atoms with Gasteiger partial charge in [-0.1, -0.05) is 36.4 Å². The predicted octanol–water partition coefficient (Wildman–Crippen LogP) is 4.10. The van der Waals surface area contributed by atoms with Crippen LogP contribution in [0.1, 0.15) is 41.9 Å². The summed E-state index contributed by atoms with van der Waals surface area (Å²) >= 11 is 0. The average molecular weight is 442 g/mol. The van der Waals surface area contributed by atoms with Gasteiger partial charge in [-0.3, -0.25) is 4.90 Å². The van der Waals surface area contributed by atoms with Crippen LogP contribution in [0, 0.1) is 0 Å². The van der Waals surface area contributed by atoms with E-state index in [0.29, 0.717) is 6.54 Å². The fourth-order valence-corrected chi connectivity index (χ4v) is 5.38. The van der Waals surface area contributed by atoms with E-state index < -0.39 is 6.10 Å². The molecule has 6 nitrogen and oxygen atoms in total. The Bertz CT molecular complexity index is 1130. The highest BCUT2D eigenvalue weighted by atomic mass is 16.3. The van der Waals surface area contributed by atoms with Crippen LogP contribution in [0.2, 0.25) is 0 Å². The number of hydrogen-bond acceptors (Lipinski definition) is 6. The number of anilines is 3. The van der Waals surface area contributed by atoms with Crippen molar-refractivity contribution in [1.29, 1.82) is 0 Å². The van der Waals surface area contributed by atoms with Crippen LogP contribution in [0.3, 0.4) is 0 Å². The van der Waals surface area contributed by atoms with Gasteiger partial charge < -0.3 is 15.3 Å². The third-order valence-electron chi connectivity index (χ3n) is 7.36. The van der Waals surface area contributed by atoms with E-state index in [4.69, 9.17) is 0 Å². The summed E-state index contributed by atoms with van der Waals surface area (Å²) in [6, 6.07) is 19.5. The van der Waals surface area contributed by atoms with E-state index in [2.05, 4.69) is 73.6 Å². The molecule has 3 aromatic rings. The van der Waals surface area contributed by atoms with E-state index in [1.165, 1.54) is 29.5 Å². The molecule has 2 aromatic carbocycles. The highest BCUT2D eigenvalue weighted by Crippen LogP contribution is 2.40. The van der Waals surface area contributed by atoms with E-state index >= 15 is 0 Å². The van der Waals surface area contributed by atoms with Crippen molar-refractivity contribution < 1.29 is 5.11 Å². The lowest BCUT2D eigenvalue weighted by atomic mass is 9.94. The summed E-state index contributed by atoms with van der Waals surface area (Å²) in [5, 5.41) is 14.5. The second-order valence-corrected chi connectivity index (χ2v) is 9.64. The summed E-state index contributed by atoms with van der Waals surface area (Å²) in [7, 11) is 0. The summed E-state index contributed by atoms with van der Waals surface area (Å²) in [6.07, 6.45) is 5.80. The van der Waals surface area contributed by atoms with Gasteiger partial charge in [-0.2, -0.15) is 0 Å². The molecule has 1 saturated heterocycles. The number of aliphatic hydroxyl groups excluding tert-OH is 1. The Morgan fingerprint density at radius 1 is 0.909 bits per heavy atom. The van der Waals surface area contributed by atoms with Crippen molar-refractivity contribution in [2.75, 3.05) is 29.9 Å². The second kappa shape index (κ2) is 8.76. The number of nitrogens with one attached hydrogen (secondary N) is 1. The maximum atomic E-state index is 11.1. The number of benzene rings is 2. The molecule has 0 spiro atoms. The van der Waals surface area contributed by atoms with Crippen LogP contribution >= 0.6 is 0 Å². The van der Waals surface area contributed by atoms with Gasteiger partial charge in [0.2, 0.25) is 0 Å². The van der Waals surface area contributed by atoms with Gasteiger partial charge in [-0.15, -0.1) is 0 Å². The molecule has 2 atom stereocenters. The highest BCUT2D eigenvalue weighted by molar-refractivity contribution is 5.60. The number of β-amino-alcohol motifs (C(OH)–C–C–N with tert-alkyl or cyclic N) is 1. The van der Waals surface area contributed by atoms with Crippen LogP contribution < -0.4 is 10.2 Å². The van der Waals surface area contributed by atoms with E-state index in [0.717, 1.165) is 55.7 Å². The van der Waals surface area contributed by atoms with E-state index in [9.17, 15) is 5.11 Å². The molecule has 0 bridgehead atoms. The first-order chi connectivity index (χ1) is 16.2. The molecule has 3 heterocycles. The van der Waals surface area contributed by atoms with Gasteiger partial charge in [0.15, 0.2) is 0 Å². The Labute approximate surface area is 195 Å². The van der Waals surface area contributed by atoms with Gasteiger partial charge in [0.1, 0.15) is 18.0 Å². The SMILES string of the molecule is OC1CN(c2cc(Nc3cccc(C4CC4)c3)ncn2)CCC1N1CCc2ccccc2C1. The smallest absolute Gasteiger partial charge is 0.135 e. The summed E-state index contributed by atoms with van der Waals surface area (Å²) in [5.41, 5.74) is 5.31. The Kier molecular flexibility index (Phi) is 5.48. The van der Waals surface area contributed by atoms with Crippen LogP contribution in [0.4, 0.5) is 17.3 Å². The molecule has 2 N–H and O–H groups in total. The van der Waals surface area contributed by atoms with E-state index in [1.54, 1.807) is 6.33 Å². The normalized spacial score (nSPS) is 23.2. The number of fused-ring (bicyclic) bond motifs is 1. The first kappa shape index (κ1) is 20.6. The number of hydrogen-bond donors (Lipinski definition) is 2. The van der Waals surface area contributed by atoms with Gasteiger partial charge in [0.25, 0.3) is 0 Å². The number of aromatic nitrogens is 2. The summed E-state index contributed by atoms with van der Waals surface area (Å²) in [4.78, 5) is 13.6. The molecule has 6 heteroatoms. The highest BCUT2D eigenvalue weighted by Gasteiger charge is 2.34. The molecule has 0 radical (unpaired) electrons. The largest absolute Gasteiger partial charge is 0.390 e. The number of piperidine rings is 1. The van der Waals surface area contributed by atoms with Gasteiger partial charge in [-0.05, 0) is 60.4 Å². The van der Waals surface area contributed by atoms with Crippen LogP contribution in [0.25, 0.3) is 0 Å². The Morgan fingerprint density at radius 2 is 1.79 bits per heavy atom. The Balaban J connectivity index is 1.11. The monoisotopic (exact) mass is 441 g/mol. The van der Waals surface area contributed by atoms with Crippen LogP contribution in [-0.2, 0) is 13.0 Å². The number of nitrogens with zero attached hydrogens (tertiary/aromatic N) is 4. The van der Waals surface area contributed by atoms with Gasteiger partial charge >= 0.3 is 0 Å². The number of aliphatic hydroxyl groups is 1. The first-order valence-corrected chi connectivity index (χ1v) is 12.2. The summed E-state index contributed by atoms with van der Waals surface area (Å²) in [6.45, 7) is 3.42. The zero-order chi connectivity index (χ0) is 22.2. The van der Waals surface area contributed by atoms with Crippen molar-refractivity contribution in [3.63, 3.8) is 0 Å². The maximum absolute atomic E-state index is 11.1. The zero-order valence-electron chi connectivity index (χ0n) is 18.9. The van der Waals surface area contributed by atoms with Gasteiger partial charge in [0.05, 0.1) is 6.10 Å².